The first-order valence-corrected chi connectivity index (χ1v) is 7.27. The van der Waals surface area contributed by atoms with Crippen LogP contribution in [0.4, 0.5) is 18.9 Å². The van der Waals surface area contributed by atoms with Crippen LogP contribution >= 0.6 is 0 Å². The van der Waals surface area contributed by atoms with Crippen LogP contribution in [0, 0.1) is 12.3 Å². The molecule has 1 saturated carbocycles. The summed E-state index contributed by atoms with van der Waals surface area (Å²) in [5.41, 5.74) is 1.31. The quantitative estimate of drug-likeness (QED) is 0.773. The third-order valence-corrected chi connectivity index (χ3v) is 3.78. The van der Waals surface area contributed by atoms with Crippen LogP contribution in [0.2, 0.25) is 0 Å². The zero-order valence-electron chi connectivity index (χ0n) is 13.1. The van der Waals surface area contributed by atoms with E-state index in [0.717, 1.165) is 37.1 Å². The second-order valence-corrected chi connectivity index (χ2v) is 5.63. The number of nitrogens with one attached hydrogen (secondary N) is 1. The van der Waals surface area contributed by atoms with Crippen LogP contribution in [-0.4, -0.2) is 39.9 Å². The molecule has 0 atom stereocenters. The van der Waals surface area contributed by atoms with E-state index in [0.29, 0.717) is 6.54 Å². The van der Waals surface area contributed by atoms with Gasteiger partial charge in [0.1, 0.15) is 0 Å². The summed E-state index contributed by atoms with van der Waals surface area (Å²) in [5.74, 6) is -3.43. The molecule has 0 radical (unpaired) electrons. The maximum atomic E-state index is 11.4. The highest BCUT2D eigenvalue weighted by Crippen LogP contribution is 2.38. The van der Waals surface area contributed by atoms with E-state index in [-0.39, 0.29) is 0 Å². The van der Waals surface area contributed by atoms with E-state index in [1.54, 1.807) is 6.20 Å². The summed E-state index contributed by atoms with van der Waals surface area (Å²) in [4.78, 5) is 24.4. The summed E-state index contributed by atoms with van der Waals surface area (Å²) < 4.78 is 31.7. The second-order valence-electron chi connectivity index (χ2n) is 5.63. The largest absolute Gasteiger partial charge is 0.490 e. The molecule has 0 amide bonds. The third kappa shape index (κ3) is 5.71. The summed E-state index contributed by atoms with van der Waals surface area (Å²) in [6.07, 6.45) is 0.241. The summed E-state index contributed by atoms with van der Waals surface area (Å²) in [6, 6.07) is 3.81. The summed E-state index contributed by atoms with van der Waals surface area (Å²) in [7, 11) is 0. The number of carbonyl (C=O) groups is 2. The average Bonchev–Trinajstić information content (AvgIpc) is 2.95. The number of anilines is 1. The molecule has 0 saturated heterocycles. The molecule has 1 aromatic rings. The smallest absolute Gasteiger partial charge is 0.481 e. The van der Waals surface area contributed by atoms with Crippen molar-refractivity contribution in [1.29, 1.82) is 0 Å². The van der Waals surface area contributed by atoms with Crippen LogP contribution < -0.4 is 5.32 Å². The third-order valence-electron chi connectivity index (χ3n) is 3.78. The molecule has 9 heteroatoms. The Hall–Kier alpha value is -2.32. The number of carboxylic acids is 2. The Morgan fingerprint density at radius 2 is 1.83 bits per heavy atom. The minimum atomic E-state index is -5.08. The van der Waals surface area contributed by atoms with Gasteiger partial charge in [-0.3, -0.25) is 9.78 Å². The van der Waals surface area contributed by atoms with Crippen LogP contribution in [0.1, 0.15) is 31.4 Å². The fourth-order valence-electron chi connectivity index (χ4n) is 2.44. The first-order chi connectivity index (χ1) is 11.1. The predicted octanol–water partition coefficient (Wildman–Crippen LogP) is 3.08. The number of alkyl halides is 3. The van der Waals surface area contributed by atoms with E-state index in [1.165, 1.54) is 0 Å². The van der Waals surface area contributed by atoms with Crippen molar-refractivity contribution in [3.05, 3.63) is 24.0 Å². The first kappa shape index (κ1) is 19.7. The van der Waals surface area contributed by atoms with Crippen molar-refractivity contribution in [2.75, 3.05) is 11.9 Å². The van der Waals surface area contributed by atoms with Crippen LogP contribution in [0.15, 0.2) is 18.3 Å². The minimum absolute atomic E-state index is 0.506. The highest BCUT2D eigenvalue weighted by molar-refractivity contribution is 5.76. The standard InChI is InChI=1S/C13H18N2O2.C2HF3O2/c1-10-8-11(4-7-14-10)15-9-13(12(16)17)5-2-3-6-13;3-2(4,5)1(6)7/h4,7-8H,2-3,5-6,9H2,1H3,(H,14,15)(H,16,17);(H,6,7). The average molecular weight is 348 g/mol. The molecule has 0 bridgehead atoms. The SMILES string of the molecule is Cc1cc(NCC2(C(=O)O)CCCC2)ccn1.O=C(O)C(F)(F)F. The van der Waals surface area contributed by atoms with Gasteiger partial charge in [-0.05, 0) is 31.9 Å². The maximum absolute atomic E-state index is 11.4. The molecule has 1 aromatic heterocycles. The molecule has 1 aliphatic carbocycles. The Kier molecular flexibility index (Phi) is 6.56. The minimum Gasteiger partial charge on any atom is -0.481 e. The molecule has 0 spiro atoms. The molecule has 0 aromatic carbocycles. The normalized spacial score (nSPS) is 16.0. The highest BCUT2D eigenvalue weighted by atomic mass is 19.4. The summed E-state index contributed by atoms with van der Waals surface area (Å²) in [6.45, 7) is 2.43. The fraction of sp³-hybridized carbons (Fsp3) is 0.533. The Labute approximate surface area is 136 Å². The molecule has 6 nitrogen and oxygen atoms in total. The topological polar surface area (TPSA) is 99.5 Å². The molecule has 1 heterocycles. The number of aryl methyl sites for hydroxylation is 1. The van der Waals surface area contributed by atoms with Crippen LogP contribution in [0.25, 0.3) is 0 Å². The van der Waals surface area contributed by atoms with Gasteiger partial charge in [-0.2, -0.15) is 13.2 Å². The Morgan fingerprint density at radius 3 is 2.25 bits per heavy atom. The van der Waals surface area contributed by atoms with Crippen LogP contribution in [-0.2, 0) is 9.59 Å². The van der Waals surface area contributed by atoms with Gasteiger partial charge in [-0.15, -0.1) is 0 Å². The van der Waals surface area contributed by atoms with Gasteiger partial charge in [-0.1, -0.05) is 12.8 Å². The van der Waals surface area contributed by atoms with Gasteiger partial charge in [-0.25, -0.2) is 4.79 Å². The first-order valence-electron chi connectivity index (χ1n) is 7.27. The van der Waals surface area contributed by atoms with E-state index >= 15 is 0 Å². The number of halogens is 3. The summed E-state index contributed by atoms with van der Waals surface area (Å²) >= 11 is 0. The molecule has 134 valence electrons. The van der Waals surface area contributed by atoms with Gasteiger partial charge >= 0.3 is 18.1 Å². The Balaban J connectivity index is 0.000000351. The molecule has 0 aliphatic heterocycles. The van der Waals surface area contributed by atoms with Gasteiger partial charge < -0.3 is 15.5 Å². The van der Waals surface area contributed by atoms with E-state index in [1.807, 2.05) is 19.1 Å². The zero-order chi connectivity index (χ0) is 18.4. The number of aromatic nitrogens is 1. The lowest BCUT2D eigenvalue weighted by Gasteiger charge is -2.24. The molecule has 0 unspecified atom stereocenters. The fourth-order valence-corrected chi connectivity index (χ4v) is 2.44. The number of pyridine rings is 1. The van der Waals surface area contributed by atoms with Gasteiger partial charge in [0.05, 0.1) is 5.41 Å². The predicted molar refractivity (Wildman–Crippen MR) is 79.7 cm³/mol. The molecule has 1 fully saturated rings. The van der Waals surface area contributed by atoms with E-state index in [4.69, 9.17) is 9.90 Å². The monoisotopic (exact) mass is 348 g/mol. The zero-order valence-corrected chi connectivity index (χ0v) is 13.1. The Morgan fingerprint density at radius 1 is 1.29 bits per heavy atom. The van der Waals surface area contributed by atoms with Gasteiger partial charge in [0.2, 0.25) is 0 Å². The van der Waals surface area contributed by atoms with Crippen molar-refractivity contribution >= 4 is 17.6 Å². The highest BCUT2D eigenvalue weighted by Gasteiger charge is 2.41. The number of hydrogen-bond acceptors (Lipinski definition) is 4. The second kappa shape index (κ2) is 7.98. The van der Waals surface area contributed by atoms with Gasteiger partial charge in [0, 0.05) is 24.1 Å². The van der Waals surface area contributed by atoms with E-state index in [9.17, 15) is 23.1 Å². The number of nitrogens with zero attached hydrogens (tertiary/aromatic N) is 1. The number of carboxylic acid groups (broad SMARTS) is 2. The Bertz CT molecular complexity index is 584. The molecule has 2 rings (SSSR count). The number of hydrogen-bond donors (Lipinski definition) is 3. The van der Waals surface area contributed by atoms with Crippen molar-refractivity contribution in [1.82, 2.24) is 4.98 Å². The van der Waals surface area contributed by atoms with Crippen LogP contribution in [0.3, 0.4) is 0 Å². The maximum Gasteiger partial charge on any atom is 0.490 e. The summed E-state index contributed by atoms with van der Waals surface area (Å²) in [5, 5.41) is 19.7. The van der Waals surface area contributed by atoms with Crippen LogP contribution in [0.5, 0.6) is 0 Å². The van der Waals surface area contributed by atoms with Crippen molar-refractivity contribution in [3.8, 4) is 0 Å². The van der Waals surface area contributed by atoms with E-state index in [2.05, 4.69) is 10.3 Å². The van der Waals surface area contributed by atoms with Gasteiger partial charge in [0.15, 0.2) is 0 Å². The molecule has 24 heavy (non-hydrogen) atoms. The molecule has 3 N–H and O–H groups in total. The van der Waals surface area contributed by atoms with E-state index < -0.39 is 23.5 Å². The number of aliphatic carboxylic acids is 2. The molecule has 1 aliphatic rings. The molecular weight excluding hydrogens is 329 g/mol. The lowest BCUT2D eigenvalue weighted by atomic mass is 9.86. The van der Waals surface area contributed by atoms with Gasteiger partial charge in [0.25, 0.3) is 0 Å². The lowest BCUT2D eigenvalue weighted by molar-refractivity contribution is -0.192. The van der Waals surface area contributed by atoms with Crippen molar-refractivity contribution in [2.24, 2.45) is 5.41 Å². The number of rotatable bonds is 4. The lowest BCUT2D eigenvalue weighted by Crippen LogP contribution is -2.35. The molecular formula is C15H19F3N2O4. The van der Waals surface area contributed by atoms with Crippen molar-refractivity contribution in [2.45, 2.75) is 38.8 Å². The van der Waals surface area contributed by atoms with Crippen molar-refractivity contribution in [3.63, 3.8) is 0 Å². The van der Waals surface area contributed by atoms with Crippen molar-refractivity contribution < 1.29 is 33.0 Å².